The summed E-state index contributed by atoms with van der Waals surface area (Å²) in [5.74, 6) is 0.709. The van der Waals surface area contributed by atoms with Crippen molar-refractivity contribution in [1.29, 1.82) is 0 Å². The predicted molar refractivity (Wildman–Crippen MR) is 68.6 cm³/mol. The molecule has 0 rings (SSSR count). The van der Waals surface area contributed by atoms with Crippen molar-refractivity contribution in [2.75, 3.05) is 20.1 Å². The molecule has 0 radical (unpaired) electrons. The van der Waals surface area contributed by atoms with Gasteiger partial charge in [0.15, 0.2) is 0 Å². The van der Waals surface area contributed by atoms with Gasteiger partial charge < -0.3 is 10.6 Å². The quantitative estimate of drug-likeness (QED) is 0.680. The average molecular weight is 208 g/mol. The summed E-state index contributed by atoms with van der Waals surface area (Å²) in [5.41, 5.74) is 6.58. The van der Waals surface area contributed by atoms with E-state index in [1.165, 1.54) is 5.57 Å². The van der Waals surface area contributed by atoms with Gasteiger partial charge >= 0.3 is 0 Å². The first kappa shape index (κ1) is 14.0. The number of nitrogens with zero attached hydrogens (tertiary/aromatic N) is 1. The van der Waals surface area contributed by atoms with Gasteiger partial charge in [-0.25, -0.2) is 0 Å². The Morgan fingerprint density at radius 1 is 1.33 bits per heavy atom. The van der Waals surface area contributed by atoms with Crippen LogP contribution < -0.4 is 5.73 Å². The SMILES string of the molecule is C\C=C(/C=C\C=C/N)CN(C)CC(C)C. The van der Waals surface area contributed by atoms with E-state index in [9.17, 15) is 0 Å². The second-order valence-electron chi connectivity index (χ2n) is 4.20. The third-order valence-electron chi connectivity index (χ3n) is 2.03. The van der Waals surface area contributed by atoms with Gasteiger partial charge in [-0.15, -0.1) is 0 Å². The highest BCUT2D eigenvalue weighted by atomic mass is 15.1. The summed E-state index contributed by atoms with van der Waals surface area (Å²) in [6.07, 6.45) is 9.59. The maximum atomic E-state index is 5.26. The normalized spacial score (nSPS) is 13.9. The molecule has 86 valence electrons. The van der Waals surface area contributed by atoms with Crippen molar-refractivity contribution in [2.24, 2.45) is 11.7 Å². The lowest BCUT2D eigenvalue weighted by molar-refractivity contribution is 0.319. The van der Waals surface area contributed by atoms with Gasteiger partial charge in [0, 0.05) is 13.1 Å². The highest BCUT2D eigenvalue weighted by Crippen LogP contribution is 2.03. The van der Waals surface area contributed by atoms with Crippen LogP contribution in [0.1, 0.15) is 20.8 Å². The van der Waals surface area contributed by atoms with E-state index in [0.29, 0.717) is 5.92 Å². The number of hydrogen-bond acceptors (Lipinski definition) is 2. The van der Waals surface area contributed by atoms with Crippen LogP contribution >= 0.6 is 0 Å². The highest BCUT2D eigenvalue weighted by Gasteiger charge is 2.02. The van der Waals surface area contributed by atoms with Crippen LogP contribution in [0.25, 0.3) is 0 Å². The molecule has 0 aromatic carbocycles. The molecule has 0 amide bonds. The molecule has 0 aliphatic carbocycles. The second-order valence-corrected chi connectivity index (χ2v) is 4.20. The van der Waals surface area contributed by atoms with E-state index in [2.05, 4.69) is 44.9 Å². The number of hydrogen-bond donors (Lipinski definition) is 1. The minimum Gasteiger partial charge on any atom is -0.405 e. The summed E-state index contributed by atoms with van der Waals surface area (Å²) >= 11 is 0. The van der Waals surface area contributed by atoms with Crippen molar-refractivity contribution in [3.63, 3.8) is 0 Å². The first-order valence-electron chi connectivity index (χ1n) is 5.48. The fourth-order valence-corrected chi connectivity index (χ4v) is 1.48. The summed E-state index contributed by atoms with van der Waals surface area (Å²) in [7, 11) is 2.15. The molecular weight excluding hydrogens is 184 g/mol. The Morgan fingerprint density at radius 2 is 2.00 bits per heavy atom. The number of rotatable bonds is 6. The monoisotopic (exact) mass is 208 g/mol. The van der Waals surface area contributed by atoms with Gasteiger partial charge in [0.25, 0.3) is 0 Å². The minimum atomic E-state index is 0.709. The zero-order valence-electron chi connectivity index (χ0n) is 10.4. The Hall–Kier alpha value is -1.02. The third kappa shape index (κ3) is 8.01. The highest BCUT2D eigenvalue weighted by molar-refractivity contribution is 5.22. The van der Waals surface area contributed by atoms with Gasteiger partial charge in [0.05, 0.1) is 0 Å². The average Bonchev–Trinajstić information content (AvgIpc) is 2.15. The molecule has 2 nitrogen and oxygen atoms in total. The molecule has 0 unspecified atom stereocenters. The summed E-state index contributed by atoms with van der Waals surface area (Å²) in [4.78, 5) is 2.33. The fraction of sp³-hybridized carbons (Fsp3) is 0.538. The summed E-state index contributed by atoms with van der Waals surface area (Å²) in [6, 6.07) is 0. The summed E-state index contributed by atoms with van der Waals surface area (Å²) < 4.78 is 0. The summed E-state index contributed by atoms with van der Waals surface area (Å²) in [5, 5.41) is 0. The molecule has 0 aliphatic rings. The number of likely N-dealkylation sites (N-methyl/N-ethyl adjacent to an activating group) is 1. The van der Waals surface area contributed by atoms with Crippen LogP contribution in [0.3, 0.4) is 0 Å². The Kier molecular flexibility index (Phi) is 7.74. The molecule has 0 saturated carbocycles. The van der Waals surface area contributed by atoms with Gasteiger partial charge in [0.1, 0.15) is 0 Å². The van der Waals surface area contributed by atoms with Gasteiger partial charge in [-0.1, -0.05) is 32.1 Å². The van der Waals surface area contributed by atoms with E-state index >= 15 is 0 Å². The van der Waals surface area contributed by atoms with Crippen LogP contribution in [0.4, 0.5) is 0 Å². The standard InChI is InChI=1S/C13H24N2/c1-5-13(8-6-7-9-14)11-15(4)10-12(2)3/h5-9,12H,10-11,14H2,1-4H3/b8-6-,9-7-,13-5+. The Labute approximate surface area is 94.1 Å². The molecule has 0 spiro atoms. The Morgan fingerprint density at radius 3 is 2.47 bits per heavy atom. The fourth-order valence-electron chi connectivity index (χ4n) is 1.48. The molecule has 2 heteroatoms. The molecule has 0 aromatic rings. The summed E-state index contributed by atoms with van der Waals surface area (Å²) in [6.45, 7) is 8.65. The Balaban J connectivity index is 4.11. The van der Waals surface area contributed by atoms with E-state index in [1.54, 1.807) is 6.20 Å². The first-order chi connectivity index (χ1) is 7.10. The maximum absolute atomic E-state index is 5.26. The zero-order chi connectivity index (χ0) is 11.7. The smallest absolute Gasteiger partial charge is 0.0227 e. The predicted octanol–water partition coefficient (Wildman–Crippen LogP) is 2.55. The zero-order valence-corrected chi connectivity index (χ0v) is 10.4. The van der Waals surface area contributed by atoms with Crippen molar-refractivity contribution >= 4 is 0 Å². The maximum Gasteiger partial charge on any atom is 0.0227 e. The Bertz CT molecular complexity index is 237. The van der Waals surface area contributed by atoms with Crippen LogP contribution in [0.15, 0.2) is 36.1 Å². The molecule has 15 heavy (non-hydrogen) atoms. The van der Waals surface area contributed by atoms with E-state index in [1.807, 2.05) is 12.2 Å². The molecule has 0 heterocycles. The van der Waals surface area contributed by atoms with Crippen molar-refractivity contribution in [2.45, 2.75) is 20.8 Å². The number of allylic oxidation sites excluding steroid dienone is 3. The largest absolute Gasteiger partial charge is 0.405 e. The molecule has 0 atom stereocenters. The lowest BCUT2D eigenvalue weighted by atomic mass is 10.1. The van der Waals surface area contributed by atoms with Crippen LogP contribution in [-0.4, -0.2) is 25.0 Å². The van der Waals surface area contributed by atoms with Crippen molar-refractivity contribution in [3.05, 3.63) is 36.1 Å². The van der Waals surface area contributed by atoms with Crippen molar-refractivity contribution < 1.29 is 0 Å². The topological polar surface area (TPSA) is 29.3 Å². The van der Waals surface area contributed by atoms with Crippen LogP contribution in [-0.2, 0) is 0 Å². The molecule has 2 N–H and O–H groups in total. The van der Waals surface area contributed by atoms with E-state index < -0.39 is 0 Å². The van der Waals surface area contributed by atoms with Gasteiger partial charge in [-0.05, 0) is 37.7 Å². The molecular formula is C13H24N2. The van der Waals surface area contributed by atoms with Gasteiger partial charge in [-0.3, -0.25) is 0 Å². The van der Waals surface area contributed by atoms with Crippen molar-refractivity contribution in [3.8, 4) is 0 Å². The van der Waals surface area contributed by atoms with Crippen LogP contribution in [0.5, 0.6) is 0 Å². The molecule has 0 fully saturated rings. The van der Waals surface area contributed by atoms with Crippen LogP contribution in [0, 0.1) is 5.92 Å². The van der Waals surface area contributed by atoms with E-state index in [0.717, 1.165) is 13.1 Å². The lowest BCUT2D eigenvalue weighted by Gasteiger charge is -2.19. The van der Waals surface area contributed by atoms with Gasteiger partial charge in [0.2, 0.25) is 0 Å². The number of nitrogens with two attached hydrogens (primary N) is 1. The van der Waals surface area contributed by atoms with Crippen LogP contribution in [0.2, 0.25) is 0 Å². The van der Waals surface area contributed by atoms with Crippen molar-refractivity contribution in [1.82, 2.24) is 4.90 Å². The van der Waals surface area contributed by atoms with Gasteiger partial charge in [-0.2, -0.15) is 0 Å². The second kappa shape index (κ2) is 8.30. The molecule has 0 bridgehead atoms. The minimum absolute atomic E-state index is 0.709. The first-order valence-corrected chi connectivity index (χ1v) is 5.48. The molecule has 0 aliphatic heterocycles. The third-order valence-corrected chi connectivity index (χ3v) is 2.03. The molecule has 0 aromatic heterocycles. The van der Waals surface area contributed by atoms with E-state index in [-0.39, 0.29) is 0 Å². The molecule has 0 saturated heterocycles. The van der Waals surface area contributed by atoms with E-state index in [4.69, 9.17) is 5.73 Å². The lowest BCUT2D eigenvalue weighted by Crippen LogP contribution is -2.25.